The number of carbonyl (C=O) groups excluding carboxylic acids is 1. The second-order valence-electron chi connectivity index (χ2n) is 7.09. The van der Waals surface area contributed by atoms with E-state index in [2.05, 4.69) is 26.5 Å². The monoisotopic (exact) mass is 545 g/mol. The van der Waals surface area contributed by atoms with Crippen LogP contribution in [0, 0.1) is 0 Å². The maximum Gasteiger partial charge on any atom is 0.255 e. The van der Waals surface area contributed by atoms with Crippen LogP contribution in [0.25, 0.3) is 0 Å². The zero-order valence-electron chi connectivity index (χ0n) is 18.6. The number of sulfonamides is 1. The Balaban J connectivity index is 1.79. The quantitative estimate of drug-likeness (QED) is 0.308. The maximum absolute atomic E-state index is 13.3. The maximum atomic E-state index is 13.3. The number of nitrogens with zero attached hydrogens (tertiary/aromatic N) is 2. The summed E-state index contributed by atoms with van der Waals surface area (Å²) in [7, 11) is -0.905. The van der Waals surface area contributed by atoms with Gasteiger partial charge in [0.25, 0.3) is 5.91 Å². The third kappa shape index (κ3) is 6.43. The number of ether oxygens (including phenoxy) is 2. The van der Waals surface area contributed by atoms with Gasteiger partial charge in [0.2, 0.25) is 10.0 Å². The van der Waals surface area contributed by atoms with E-state index in [0.29, 0.717) is 17.1 Å². The molecule has 10 heteroatoms. The van der Waals surface area contributed by atoms with Crippen molar-refractivity contribution >= 4 is 38.1 Å². The van der Waals surface area contributed by atoms with Crippen molar-refractivity contribution in [2.24, 2.45) is 5.10 Å². The van der Waals surface area contributed by atoms with Gasteiger partial charge in [0.05, 0.1) is 31.9 Å². The summed E-state index contributed by atoms with van der Waals surface area (Å²) < 4.78 is 39.1. The molecule has 0 fully saturated rings. The van der Waals surface area contributed by atoms with Crippen molar-refractivity contribution in [2.75, 3.05) is 20.8 Å². The Kier molecular flexibility index (Phi) is 8.80. The number of rotatable bonds is 10. The number of hydrazone groups is 1. The number of para-hydroxylation sites is 1. The number of halogens is 1. The SMILES string of the molecule is COc1cccc(/C=N/NC(=O)CN(Cc2ccc(Br)cc2)S(=O)(=O)c2ccccc2)c1OC. The summed E-state index contributed by atoms with van der Waals surface area (Å²) in [6, 6.07) is 20.5. The fraction of sp³-hybridized carbons (Fsp3) is 0.167. The minimum absolute atomic E-state index is 0.0192. The molecule has 0 saturated heterocycles. The molecule has 0 spiro atoms. The zero-order valence-corrected chi connectivity index (χ0v) is 21.0. The van der Waals surface area contributed by atoms with Gasteiger partial charge in [-0.3, -0.25) is 4.79 Å². The van der Waals surface area contributed by atoms with Gasteiger partial charge in [-0.2, -0.15) is 9.41 Å². The molecule has 1 N–H and O–H groups in total. The summed E-state index contributed by atoms with van der Waals surface area (Å²) in [6.45, 7) is -0.398. The fourth-order valence-corrected chi connectivity index (χ4v) is 4.81. The number of hydrogen-bond acceptors (Lipinski definition) is 6. The number of carbonyl (C=O) groups is 1. The van der Waals surface area contributed by atoms with Gasteiger partial charge in [0.1, 0.15) is 0 Å². The zero-order chi connectivity index (χ0) is 24.6. The first kappa shape index (κ1) is 25.4. The molecule has 0 atom stereocenters. The first-order valence-corrected chi connectivity index (χ1v) is 12.4. The number of nitrogens with one attached hydrogen (secondary N) is 1. The van der Waals surface area contributed by atoms with E-state index in [1.54, 1.807) is 48.5 Å². The topological polar surface area (TPSA) is 97.3 Å². The molecule has 1 amide bonds. The molecule has 0 saturated carbocycles. The van der Waals surface area contributed by atoms with E-state index in [0.717, 1.165) is 14.3 Å². The van der Waals surface area contributed by atoms with Gasteiger partial charge >= 0.3 is 0 Å². The molecular weight excluding hydrogens is 522 g/mol. The van der Waals surface area contributed by atoms with Crippen molar-refractivity contribution in [1.29, 1.82) is 0 Å². The standard InChI is InChI=1S/C24H24BrN3O5S/c1-32-22-10-6-7-19(24(22)33-2)15-26-27-23(29)17-28(16-18-11-13-20(25)14-12-18)34(30,31)21-8-4-3-5-9-21/h3-15H,16-17H2,1-2H3,(H,27,29)/b26-15+. The molecule has 178 valence electrons. The lowest BCUT2D eigenvalue weighted by atomic mass is 10.2. The lowest BCUT2D eigenvalue weighted by Crippen LogP contribution is -2.39. The highest BCUT2D eigenvalue weighted by Crippen LogP contribution is 2.29. The Labute approximate surface area is 207 Å². The van der Waals surface area contributed by atoms with E-state index in [1.807, 2.05) is 12.1 Å². The van der Waals surface area contributed by atoms with Gasteiger partial charge in [-0.05, 0) is 42.0 Å². The van der Waals surface area contributed by atoms with Crippen LogP contribution in [0.1, 0.15) is 11.1 Å². The summed E-state index contributed by atoms with van der Waals surface area (Å²) in [5.74, 6) is 0.397. The van der Waals surface area contributed by atoms with E-state index in [-0.39, 0.29) is 11.4 Å². The molecular formula is C24H24BrN3O5S. The third-order valence-corrected chi connectivity index (χ3v) is 7.13. The van der Waals surface area contributed by atoms with Crippen molar-refractivity contribution in [3.8, 4) is 11.5 Å². The van der Waals surface area contributed by atoms with Crippen LogP contribution in [0.4, 0.5) is 0 Å². The van der Waals surface area contributed by atoms with E-state index in [4.69, 9.17) is 9.47 Å². The smallest absolute Gasteiger partial charge is 0.255 e. The van der Waals surface area contributed by atoms with Gasteiger partial charge in [0, 0.05) is 16.6 Å². The molecule has 0 aliphatic rings. The average molecular weight is 546 g/mol. The van der Waals surface area contributed by atoms with E-state index >= 15 is 0 Å². The van der Waals surface area contributed by atoms with Crippen LogP contribution < -0.4 is 14.9 Å². The predicted octanol–water partition coefficient (Wildman–Crippen LogP) is 3.81. The molecule has 8 nitrogen and oxygen atoms in total. The van der Waals surface area contributed by atoms with E-state index < -0.39 is 22.5 Å². The van der Waals surface area contributed by atoms with Crippen molar-refractivity contribution in [3.05, 3.63) is 88.4 Å². The van der Waals surface area contributed by atoms with Crippen LogP contribution in [0.5, 0.6) is 11.5 Å². The minimum Gasteiger partial charge on any atom is -0.493 e. The second-order valence-corrected chi connectivity index (χ2v) is 9.94. The van der Waals surface area contributed by atoms with Crippen LogP contribution in [-0.4, -0.2) is 45.6 Å². The molecule has 3 rings (SSSR count). The van der Waals surface area contributed by atoms with Crippen molar-refractivity contribution < 1.29 is 22.7 Å². The highest BCUT2D eigenvalue weighted by atomic mass is 79.9. The highest BCUT2D eigenvalue weighted by molar-refractivity contribution is 9.10. The van der Waals surface area contributed by atoms with Crippen molar-refractivity contribution in [1.82, 2.24) is 9.73 Å². The Morgan fingerprint density at radius 1 is 1.00 bits per heavy atom. The molecule has 0 aromatic heterocycles. The molecule has 0 aliphatic heterocycles. The van der Waals surface area contributed by atoms with Crippen LogP contribution >= 0.6 is 15.9 Å². The Bertz CT molecular complexity index is 1250. The number of benzene rings is 3. The van der Waals surface area contributed by atoms with Gasteiger partial charge in [0.15, 0.2) is 11.5 Å². The van der Waals surface area contributed by atoms with Crippen LogP contribution in [0.2, 0.25) is 0 Å². The van der Waals surface area contributed by atoms with Crippen LogP contribution in [0.3, 0.4) is 0 Å². The lowest BCUT2D eigenvalue weighted by molar-refractivity contribution is -0.121. The molecule has 3 aromatic carbocycles. The Morgan fingerprint density at radius 3 is 2.35 bits per heavy atom. The molecule has 0 aliphatic carbocycles. The summed E-state index contributed by atoms with van der Waals surface area (Å²) in [5, 5.41) is 3.96. The third-order valence-electron chi connectivity index (χ3n) is 4.80. The summed E-state index contributed by atoms with van der Waals surface area (Å²) in [6.07, 6.45) is 1.41. The highest BCUT2D eigenvalue weighted by Gasteiger charge is 2.26. The molecule has 34 heavy (non-hydrogen) atoms. The summed E-state index contributed by atoms with van der Waals surface area (Å²) in [5.41, 5.74) is 3.71. The van der Waals surface area contributed by atoms with Crippen LogP contribution in [-0.2, 0) is 21.4 Å². The Morgan fingerprint density at radius 2 is 1.71 bits per heavy atom. The van der Waals surface area contributed by atoms with E-state index in [1.165, 1.54) is 32.6 Å². The molecule has 0 radical (unpaired) electrons. The number of methoxy groups -OCH3 is 2. The fourth-order valence-electron chi connectivity index (χ4n) is 3.14. The number of amides is 1. The van der Waals surface area contributed by atoms with Gasteiger partial charge < -0.3 is 9.47 Å². The average Bonchev–Trinajstić information content (AvgIpc) is 2.85. The normalized spacial score (nSPS) is 11.5. The largest absolute Gasteiger partial charge is 0.493 e. The van der Waals surface area contributed by atoms with Crippen molar-refractivity contribution in [3.63, 3.8) is 0 Å². The molecule has 3 aromatic rings. The lowest BCUT2D eigenvalue weighted by Gasteiger charge is -2.21. The minimum atomic E-state index is -3.93. The molecule has 0 heterocycles. The summed E-state index contributed by atoms with van der Waals surface area (Å²) in [4.78, 5) is 12.8. The van der Waals surface area contributed by atoms with Gasteiger partial charge in [-0.25, -0.2) is 13.8 Å². The van der Waals surface area contributed by atoms with E-state index in [9.17, 15) is 13.2 Å². The second kappa shape index (κ2) is 11.8. The summed E-state index contributed by atoms with van der Waals surface area (Å²) >= 11 is 3.37. The van der Waals surface area contributed by atoms with Gasteiger partial charge in [-0.15, -0.1) is 0 Å². The first-order chi connectivity index (χ1) is 16.3. The molecule has 0 bridgehead atoms. The first-order valence-electron chi connectivity index (χ1n) is 10.2. The predicted molar refractivity (Wildman–Crippen MR) is 133 cm³/mol. The Hall–Kier alpha value is -3.21. The number of hydrogen-bond donors (Lipinski definition) is 1. The molecule has 0 unspecified atom stereocenters. The van der Waals surface area contributed by atoms with Gasteiger partial charge in [-0.1, -0.05) is 52.3 Å². The van der Waals surface area contributed by atoms with Crippen LogP contribution in [0.15, 0.2) is 87.3 Å². The van der Waals surface area contributed by atoms with Crippen molar-refractivity contribution in [2.45, 2.75) is 11.4 Å².